The summed E-state index contributed by atoms with van der Waals surface area (Å²) in [6.45, 7) is 8.18. The van der Waals surface area contributed by atoms with Gasteiger partial charge in [-0.3, -0.25) is 4.79 Å². The second kappa shape index (κ2) is 7.23. The third kappa shape index (κ3) is 3.66. The highest BCUT2D eigenvalue weighted by molar-refractivity contribution is 7.13. The van der Waals surface area contributed by atoms with E-state index in [2.05, 4.69) is 25.2 Å². The Kier molecular flexibility index (Phi) is 5.04. The average molecular weight is 353 g/mol. The third-order valence-corrected chi connectivity index (χ3v) is 5.18. The van der Waals surface area contributed by atoms with Crippen molar-refractivity contribution < 1.29 is 4.79 Å². The zero-order chi connectivity index (χ0) is 18.0. The number of aryl methyl sites for hydroxylation is 2. The van der Waals surface area contributed by atoms with Crippen molar-refractivity contribution in [3.63, 3.8) is 0 Å². The molecule has 0 saturated heterocycles. The lowest BCUT2D eigenvalue weighted by Gasteiger charge is -2.14. The van der Waals surface area contributed by atoms with E-state index in [0.29, 0.717) is 5.69 Å². The molecule has 2 aromatic heterocycles. The quantitative estimate of drug-likeness (QED) is 0.720. The second-order valence-corrected chi connectivity index (χ2v) is 7.32. The van der Waals surface area contributed by atoms with Crippen LogP contribution < -0.4 is 5.32 Å². The summed E-state index contributed by atoms with van der Waals surface area (Å²) in [6, 6.07) is 12.2. The molecule has 25 heavy (non-hydrogen) atoms. The topological polar surface area (TPSA) is 46.9 Å². The molecule has 0 aliphatic rings. The maximum atomic E-state index is 12.8. The summed E-state index contributed by atoms with van der Waals surface area (Å²) in [5.41, 5.74) is 4.61. The Balaban J connectivity index is 2.10. The minimum Gasteiger partial charge on any atom is -0.348 e. The van der Waals surface area contributed by atoms with E-state index in [0.717, 1.165) is 28.2 Å². The number of hydrogen-bond donors (Lipinski definition) is 1. The maximum absolute atomic E-state index is 12.8. The Morgan fingerprint density at radius 3 is 2.72 bits per heavy atom. The van der Waals surface area contributed by atoms with E-state index < -0.39 is 0 Å². The van der Waals surface area contributed by atoms with E-state index in [1.807, 2.05) is 49.6 Å². The predicted molar refractivity (Wildman–Crippen MR) is 104 cm³/mol. The van der Waals surface area contributed by atoms with Crippen LogP contribution in [0.5, 0.6) is 0 Å². The summed E-state index contributed by atoms with van der Waals surface area (Å²) in [7, 11) is 0. The Labute approximate surface area is 152 Å². The lowest BCUT2D eigenvalue weighted by Crippen LogP contribution is -2.33. The highest BCUT2D eigenvalue weighted by Crippen LogP contribution is 2.27. The molecule has 4 nitrogen and oxygen atoms in total. The summed E-state index contributed by atoms with van der Waals surface area (Å²) in [4.78, 5) is 13.9. The van der Waals surface area contributed by atoms with Crippen molar-refractivity contribution in [1.82, 2.24) is 15.1 Å². The molecule has 0 spiro atoms. The van der Waals surface area contributed by atoms with Gasteiger partial charge in [0.05, 0.1) is 10.6 Å². The smallest absolute Gasteiger partial charge is 0.270 e. The van der Waals surface area contributed by atoms with Crippen LogP contribution in [0.1, 0.15) is 41.9 Å². The Bertz CT molecular complexity index is 880. The Morgan fingerprint density at radius 2 is 2.08 bits per heavy atom. The Morgan fingerprint density at radius 1 is 1.28 bits per heavy atom. The van der Waals surface area contributed by atoms with Crippen molar-refractivity contribution >= 4 is 17.2 Å². The first-order chi connectivity index (χ1) is 12.0. The number of rotatable bonds is 5. The molecular formula is C20H23N3OS. The van der Waals surface area contributed by atoms with Crippen LogP contribution in [-0.2, 0) is 0 Å². The minimum absolute atomic E-state index is 0.0929. The van der Waals surface area contributed by atoms with E-state index in [1.165, 1.54) is 5.56 Å². The van der Waals surface area contributed by atoms with Gasteiger partial charge in [0.2, 0.25) is 0 Å². The number of amides is 1. The third-order valence-electron chi connectivity index (χ3n) is 4.29. The highest BCUT2D eigenvalue weighted by atomic mass is 32.1. The van der Waals surface area contributed by atoms with Gasteiger partial charge in [0.25, 0.3) is 5.91 Å². The number of hydrogen-bond acceptors (Lipinski definition) is 3. The maximum Gasteiger partial charge on any atom is 0.270 e. The molecular weight excluding hydrogens is 330 g/mol. The molecule has 1 amide bonds. The van der Waals surface area contributed by atoms with Crippen molar-refractivity contribution in [1.29, 1.82) is 0 Å². The van der Waals surface area contributed by atoms with E-state index in [4.69, 9.17) is 5.10 Å². The van der Waals surface area contributed by atoms with Gasteiger partial charge in [-0.2, -0.15) is 5.10 Å². The van der Waals surface area contributed by atoms with Crippen molar-refractivity contribution in [2.75, 3.05) is 0 Å². The fourth-order valence-electron chi connectivity index (χ4n) is 2.71. The Hall–Kier alpha value is -2.40. The van der Waals surface area contributed by atoms with E-state index in [-0.39, 0.29) is 11.9 Å². The lowest BCUT2D eigenvalue weighted by atomic mass is 10.1. The van der Waals surface area contributed by atoms with Gasteiger partial charge in [-0.25, -0.2) is 4.68 Å². The fraction of sp³-hybridized carbons (Fsp3) is 0.300. The van der Waals surface area contributed by atoms with Crippen LogP contribution in [0.4, 0.5) is 0 Å². The summed E-state index contributed by atoms with van der Waals surface area (Å²) < 4.78 is 1.77. The van der Waals surface area contributed by atoms with E-state index in [9.17, 15) is 4.79 Å². The van der Waals surface area contributed by atoms with Crippen molar-refractivity contribution in [2.45, 2.75) is 40.2 Å². The standard InChI is InChI=1S/C20H23N3OS/c1-5-15(4)21-20(24)18-12-16(19-7-6-10-25-19)22-23(18)17-9-8-13(2)11-14(17)3/h6-12,15H,5H2,1-4H3,(H,21,24)/t15-/m0/s1. The molecule has 0 saturated carbocycles. The number of carbonyl (C=O) groups excluding carboxylic acids is 1. The first-order valence-electron chi connectivity index (χ1n) is 8.52. The normalized spacial score (nSPS) is 12.2. The molecule has 0 bridgehead atoms. The van der Waals surface area contributed by atoms with Gasteiger partial charge in [0.1, 0.15) is 11.4 Å². The first-order valence-corrected chi connectivity index (χ1v) is 9.40. The van der Waals surface area contributed by atoms with E-state index in [1.54, 1.807) is 16.0 Å². The zero-order valence-corrected chi connectivity index (χ0v) is 15.9. The van der Waals surface area contributed by atoms with Gasteiger partial charge in [-0.05, 0) is 56.3 Å². The van der Waals surface area contributed by atoms with Crippen LogP contribution in [0.2, 0.25) is 0 Å². The molecule has 0 aliphatic carbocycles. The number of aromatic nitrogens is 2. The monoisotopic (exact) mass is 353 g/mol. The number of benzene rings is 1. The summed E-state index contributed by atoms with van der Waals surface area (Å²) in [5.74, 6) is -0.0929. The molecule has 1 atom stereocenters. The van der Waals surface area contributed by atoms with Crippen LogP contribution in [0.3, 0.4) is 0 Å². The highest BCUT2D eigenvalue weighted by Gasteiger charge is 2.20. The van der Waals surface area contributed by atoms with Crippen LogP contribution in [0.25, 0.3) is 16.3 Å². The molecule has 2 heterocycles. The number of nitrogens with one attached hydrogen (secondary N) is 1. The average Bonchev–Trinajstić information content (AvgIpc) is 3.24. The van der Waals surface area contributed by atoms with Crippen molar-refractivity contribution in [3.8, 4) is 16.3 Å². The zero-order valence-electron chi connectivity index (χ0n) is 15.0. The number of carbonyl (C=O) groups is 1. The second-order valence-electron chi connectivity index (χ2n) is 6.38. The molecule has 0 fully saturated rings. The van der Waals surface area contributed by atoms with Gasteiger partial charge in [-0.15, -0.1) is 11.3 Å². The SMILES string of the molecule is CC[C@H](C)NC(=O)c1cc(-c2cccs2)nn1-c1ccc(C)cc1C. The summed E-state index contributed by atoms with van der Waals surface area (Å²) >= 11 is 1.62. The van der Waals surface area contributed by atoms with Gasteiger partial charge in [-0.1, -0.05) is 30.7 Å². The van der Waals surface area contributed by atoms with Gasteiger partial charge < -0.3 is 5.32 Å². The molecule has 130 valence electrons. The fourth-order valence-corrected chi connectivity index (χ4v) is 3.40. The largest absolute Gasteiger partial charge is 0.348 e. The summed E-state index contributed by atoms with van der Waals surface area (Å²) in [5, 5.41) is 9.80. The van der Waals surface area contributed by atoms with Gasteiger partial charge in [0, 0.05) is 6.04 Å². The van der Waals surface area contributed by atoms with Gasteiger partial charge in [0.15, 0.2) is 0 Å². The van der Waals surface area contributed by atoms with Crippen LogP contribution >= 0.6 is 11.3 Å². The molecule has 5 heteroatoms. The van der Waals surface area contributed by atoms with Crippen LogP contribution in [0, 0.1) is 13.8 Å². The number of nitrogens with zero attached hydrogens (tertiary/aromatic N) is 2. The summed E-state index contributed by atoms with van der Waals surface area (Å²) in [6.07, 6.45) is 0.890. The minimum atomic E-state index is -0.0929. The van der Waals surface area contributed by atoms with E-state index >= 15 is 0 Å². The lowest BCUT2D eigenvalue weighted by molar-refractivity contribution is 0.0931. The van der Waals surface area contributed by atoms with Crippen LogP contribution in [0.15, 0.2) is 41.8 Å². The molecule has 0 aliphatic heterocycles. The molecule has 1 aromatic carbocycles. The van der Waals surface area contributed by atoms with Crippen LogP contribution in [-0.4, -0.2) is 21.7 Å². The predicted octanol–water partition coefficient (Wildman–Crippen LogP) is 4.75. The first kappa shape index (κ1) is 17.4. The van der Waals surface area contributed by atoms with Crippen molar-refractivity contribution in [2.24, 2.45) is 0 Å². The molecule has 3 rings (SSSR count). The molecule has 0 unspecified atom stereocenters. The molecule has 1 N–H and O–H groups in total. The molecule has 0 radical (unpaired) electrons. The van der Waals surface area contributed by atoms with Crippen molar-refractivity contribution in [3.05, 3.63) is 58.6 Å². The molecule has 3 aromatic rings. The number of thiophene rings is 1. The van der Waals surface area contributed by atoms with Gasteiger partial charge >= 0.3 is 0 Å².